The SMILES string of the molecule is CC(C)(C)c1nc(C2CCS(=O)(=O)C2)nc(Cl)c1I. The van der Waals surface area contributed by atoms with Gasteiger partial charge in [-0.3, -0.25) is 0 Å². The molecule has 0 aromatic carbocycles. The second-order valence-electron chi connectivity index (χ2n) is 5.89. The van der Waals surface area contributed by atoms with Crippen molar-refractivity contribution >= 4 is 44.0 Å². The van der Waals surface area contributed by atoms with E-state index in [9.17, 15) is 8.42 Å². The van der Waals surface area contributed by atoms with Gasteiger partial charge in [-0.05, 0) is 29.0 Å². The van der Waals surface area contributed by atoms with Gasteiger partial charge in [-0.25, -0.2) is 18.4 Å². The lowest BCUT2D eigenvalue weighted by Gasteiger charge is -2.21. The van der Waals surface area contributed by atoms with Crippen LogP contribution in [0, 0.1) is 3.57 Å². The van der Waals surface area contributed by atoms with Gasteiger partial charge in [-0.2, -0.15) is 0 Å². The van der Waals surface area contributed by atoms with Gasteiger partial charge in [0.2, 0.25) is 0 Å². The zero-order chi connectivity index (χ0) is 14.4. The van der Waals surface area contributed by atoms with Crippen LogP contribution in [0.2, 0.25) is 5.15 Å². The van der Waals surface area contributed by atoms with E-state index in [1.54, 1.807) is 0 Å². The molecule has 1 unspecified atom stereocenters. The molecule has 1 aromatic rings. The van der Waals surface area contributed by atoms with Crippen LogP contribution in [0.3, 0.4) is 0 Å². The Hall–Kier alpha value is 0.0500. The summed E-state index contributed by atoms with van der Waals surface area (Å²) in [5.74, 6) is 0.792. The van der Waals surface area contributed by atoms with Crippen LogP contribution in [0.4, 0.5) is 0 Å². The molecule has 4 nitrogen and oxygen atoms in total. The molecule has 1 aliphatic rings. The molecule has 1 saturated heterocycles. The summed E-state index contributed by atoms with van der Waals surface area (Å²) in [7, 11) is -2.94. The lowest BCUT2D eigenvalue weighted by atomic mass is 9.92. The molecule has 2 heterocycles. The number of sulfone groups is 1. The van der Waals surface area contributed by atoms with Crippen LogP contribution in [0.15, 0.2) is 0 Å². The van der Waals surface area contributed by atoms with Gasteiger partial charge in [-0.15, -0.1) is 0 Å². The quantitative estimate of drug-likeness (QED) is 0.524. The number of hydrogen-bond donors (Lipinski definition) is 0. The number of rotatable bonds is 1. The van der Waals surface area contributed by atoms with Gasteiger partial charge in [0.1, 0.15) is 11.0 Å². The molecule has 1 fully saturated rings. The maximum Gasteiger partial charge on any atom is 0.151 e. The molecule has 19 heavy (non-hydrogen) atoms. The lowest BCUT2D eigenvalue weighted by Crippen LogP contribution is -2.19. The standard InChI is InChI=1S/C12H16ClIN2O2S/c1-12(2,3)9-8(14)10(13)16-11(15-9)7-4-5-19(17,18)6-7/h7H,4-6H2,1-3H3. The molecular formula is C12H16ClIN2O2S. The Kier molecular flexibility index (Phi) is 4.15. The highest BCUT2D eigenvalue weighted by Crippen LogP contribution is 2.33. The Morgan fingerprint density at radius 1 is 1.32 bits per heavy atom. The summed E-state index contributed by atoms with van der Waals surface area (Å²) >= 11 is 8.31. The van der Waals surface area contributed by atoms with Crippen molar-refractivity contribution < 1.29 is 8.42 Å². The van der Waals surface area contributed by atoms with Crippen molar-refractivity contribution in [3.8, 4) is 0 Å². The molecule has 0 aliphatic carbocycles. The van der Waals surface area contributed by atoms with Crippen molar-refractivity contribution in [3.63, 3.8) is 0 Å². The minimum Gasteiger partial charge on any atom is -0.236 e. The van der Waals surface area contributed by atoms with Crippen molar-refractivity contribution in [3.05, 3.63) is 20.2 Å². The fourth-order valence-corrected chi connectivity index (χ4v) is 5.08. The number of aromatic nitrogens is 2. The molecule has 2 rings (SSSR count). The third kappa shape index (κ3) is 3.39. The van der Waals surface area contributed by atoms with Crippen molar-refractivity contribution in [2.45, 2.75) is 38.5 Å². The minimum atomic E-state index is -2.94. The van der Waals surface area contributed by atoms with Crippen molar-refractivity contribution in [2.75, 3.05) is 11.5 Å². The van der Waals surface area contributed by atoms with E-state index < -0.39 is 9.84 Å². The van der Waals surface area contributed by atoms with Crippen LogP contribution in [0.1, 0.15) is 44.6 Å². The van der Waals surface area contributed by atoms with E-state index in [1.165, 1.54) is 0 Å². The first-order chi connectivity index (χ1) is 8.60. The number of hydrogen-bond acceptors (Lipinski definition) is 4. The van der Waals surface area contributed by atoms with Crippen LogP contribution >= 0.6 is 34.2 Å². The van der Waals surface area contributed by atoms with Crippen LogP contribution in [0.5, 0.6) is 0 Å². The minimum absolute atomic E-state index is 0.124. The average molecular weight is 415 g/mol. The molecule has 106 valence electrons. The number of nitrogens with zero attached hydrogens (tertiary/aromatic N) is 2. The fourth-order valence-electron chi connectivity index (χ4n) is 2.11. The molecule has 0 radical (unpaired) electrons. The van der Waals surface area contributed by atoms with E-state index in [0.717, 1.165) is 9.26 Å². The van der Waals surface area contributed by atoms with Gasteiger partial charge in [0.15, 0.2) is 9.84 Å². The highest BCUT2D eigenvalue weighted by Gasteiger charge is 2.33. The first-order valence-corrected chi connectivity index (χ1v) is 9.32. The van der Waals surface area contributed by atoms with E-state index in [1.807, 2.05) is 0 Å². The number of halogens is 2. The van der Waals surface area contributed by atoms with E-state index in [-0.39, 0.29) is 22.8 Å². The summed E-state index contributed by atoms with van der Waals surface area (Å²) in [6, 6.07) is 0. The third-order valence-corrected chi connectivity index (χ3v) is 6.52. The monoisotopic (exact) mass is 414 g/mol. The molecule has 0 amide bonds. The highest BCUT2D eigenvalue weighted by atomic mass is 127. The second kappa shape index (κ2) is 5.11. The summed E-state index contributed by atoms with van der Waals surface area (Å²) in [6.45, 7) is 6.18. The van der Waals surface area contributed by atoms with Crippen LogP contribution in [-0.4, -0.2) is 29.9 Å². The lowest BCUT2D eigenvalue weighted by molar-refractivity contribution is 0.551. The Bertz CT molecular complexity index is 611. The van der Waals surface area contributed by atoms with Gasteiger partial charge >= 0.3 is 0 Å². The predicted molar refractivity (Wildman–Crippen MR) is 84.5 cm³/mol. The Balaban J connectivity index is 2.47. The smallest absolute Gasteiger partial charge is 0.151 e. The van der Waals surface area contributed by atoms with Crippen molar-refractivity contribution in [1.29, 1.82) is 0 Å². The van der Waals surface area contributed by atoms with Gasteiger partial charge in [0.25, 0.3) is 0 Å². The Labute approximate surface area is 132 Å². The van der Waals surface area contributed by atoms with E-state index in [0.29, 0.717) is 17.4 Å². The molecule has 0 bridgehead atoms. The van der Waals surface area contributed by atoms with Crippen LogP contribution in [0.25, 0.3) is 0 Å². The van der Waals surface area contributed by atoms with E-state index >= 15 is 0 Å². The van der Waals surface area contributed by atoms with Gasteiger partial charge < -0.3 is 0 Å². The summed E-state index contributed by atoms with van der Waals surface area (Å²) in [6.07, 6.45) is 0.586. The average Bonchev–Trinajstić information content (AvgIpc) is 2.61. The molecule has 7 heteroatoms. The summed E-state index contributed by atoms with van der Waals surface area (Å²) in [5, 5.41) is 0.417. The summed E-state index contributed by atoms with van der Waals surface area (Å²) in [5.41, 5.74) is 0.738. The zero-order valence-electron chi connectivity index (χ0n) is 11.1. The first kappa shape index (κ1) is 15.4. The van der Waals surface area contributed by atoms with Gasteiger partial charge in [0.05, 0.1) is 20.8 Å². The van der Waals surface area contributed by atoms with E-state index in [4.69, 9.17) is 11.6 Å². The van der Waals surface area contributed by atoms with Crippen molar-refractivity contribution in [1.82, 2.24) is 9.97 Å². The third-order valence-electron chi connectivity index (χ3n) is 3.14. The maximum absolute atomic E-state index is 11.6. The largest absolute Gasteiger partial charge is 0.236 e. The molecule has 1 atom stereocenters. The maximum atomic E-state index is 11.6. The molecule has 1 aromatic heterocycles. The second-order valence-corrected chi connectivity index (χ2v) is 9.55. The Morgan fingerprint density at radius 3 is 2.42 bits per heavy atom. The normalized spacial score (nSPS) is 22.7. The van der Waals surface area contributed by atoms with Gasteiger partial charge in [-0.1, -0.05) is 32.4 Å². The molecule has 1 aliphatic heterocycles. The molecule has 0 spiro atoms. The summed E-state index contributed by atoms with van der Waals surface area (Å²) < 4.78 is 24.0. The topological polar surface area (TPSA) is 59.9 Å². The summed E-state index contributed by atoms with van der Waals surface area (Å²) in [4.78, 5) is 8.86. The van der Waals surface area contributed by atoms with Crippen LogP contribution in [-0.2, 0) is 15.3 Å². The Morgan fingerprint density at radius 2 is 1.95 bits per heavy atom. The predicted octanol–water partition coefficient (Wildman–Crippen LogP) is 2.93. The molecule has 0 N–H and O–H groups in total. The molecular weight excluding hydrogens is 399 g/mol. The van der Waals surface area contributed by atoms with Crippen molar-refractivity contribution in [2.24, 2.45) is 0 Å². The fraction of sp³-hybridized carbons (Fsp3) is 0.667. The van der Waals surface area contributed by atoms with Gasteiger partial charge in [0, 0.05) is 11.3 Å². The van der Waals surface area contributed by atoms with E-state index in [2.05, 4.69) is 53.3 Å². The highest BCUT2D eigenvalue weighted by molar-refractivity contribution is 14.1. The zero-order valence-corrected chi connectivity index (χ0v) is 14.8. The molecule has 0 saturated carbocycles. The van der Waals surface area contributed by atoms with Crippen LogP contribution < -0.4 is 0 Å². The first-order valence-electron chi connectivity index (χ1n) is 6.04.